The van der Waals surface area contributed by atoms with E-state index in [-0.39, 0.29) is 15.3 Å². The predicted molar refractivity (Wildman–Crippen MR) is 114 cm³/mol. The molecule has 2 aromatic carbocycles. The van der Waals surface area contributed by atoms with E-state index in [4.69, 9.17) is 0 Å². The minimum absolute atomic E-state index is 0.0661. The van der Waals surface area contributed by atoms with Gasteiger partial charge < -0.3 is 0 Å². The summed E-state index contributed by atoms with van der Waals surface area (Å²) < 4.78 is 27.9. The van der Waals surface area contributed by atoms with Crippen molar-refractivity contribution in [3.63, 3.8) is 0 Å². The molecule has 0 bridgehead atoms. The summed E-state index contributed by atoms with van der Waals surface area (Å²) in [4.78, 5) is 8.94. The zero-order valence-electron chi connectivity index (χ0n) is 16.9. The third-order valence-corrected chi connectivity index (χ3v) is 6.74. The van der Waals surface area contributed by atoms with Crippen LogP contribution in [0.15, 0.2) is 77.0 Å². The molecule has 0 spiro atoms. The summed E-state index contributed by atoms with van der Waals surface area (Å²) in [5.74, 6) is 0. The highest BCUT2D eigenvalue weighted by molar-refractivity contribution is 7.91. The van der Waals surface area contributed by atoms with Crippen molar-refractivity contribution >= 4 is 15.5 Å². The molecule has 29 heavy (non-hydrogen) atoms. The van der Waals surface area contributed by atoms with Crippen LogP contribution in [0, 0.1) is 6.92 Å². The van der Waals surface area contributed by atoms with Gasteiger partial charge in [-0.25, -0.2) is 13.4 Å². The molecule has 2 aromatic heterocycles. The van der Waals surface area contributed by atoms with E-state index in [2.05, 4.69) is 42.9 Å². The Morgan fingerprint density at radius 3 is 2.17 bits per heavy atom. The summed E-state index contributed by atoms with van der Waals surface area (Å²) in [5.41, 5.74) is 4.43. The Morgan fingerprint density at radius 2 is 1.55 bits per heavy atom. The molecule has 0 aliphatic heterocycles. The SMILES string of the molecule is Cc1ccc(S(=O)(=O)c2cncc3nc(-c4ccc(C(C)(C)C)cc4)cn23)cc1. The average Bonchev–Trinajstić information content (AvgIpc) is 3.12. The molecule has 0 saturated carbocycles. The fourth-order valence-corrected chi connectivity index (χ4v) is 4.55. The highest BCUT2D eigenvalue weighted by atomic mass is 32.2. The summed E-state index contributed by atoms with van der Waals surface area (Å²) in [5, 5.41) is 0.101. The van der Waals surface area contributed by atoms with Crippen LogP contribution in [-0.4, -0.2) is 22.8 Å². The van der Waals surface area contributed by atoms with Crippen LogP contribution in [0.2, 0.25) is 0 Å². The van der Waals surface area contributed by atoms with Gasteiger partial charge in [0.25, 0.3) is 0 Å². The second-order valence-corrected chi connectivity index (χ2v) is 10.1. The normalized spacial score (nSPS) is 12.4. The van der Waals surface area contributed by atoms with Crippen molar-refractivity contribution in [1.82, 2.24) is 14.4 Å². The molecule has 0 fully saturated rings. The standard InChI is InChI=1S/C23H23N3O2S/c1-16-5-11-19(12-6-16)29(27,28)22-14-24-13-21-25-20(15-26(21)22)17-7-9-18(10-8-17)23(2,3)4/h5-15H,1-4H3. The lowest BCUT2D eigenvalue weighted by Crippen LogP contribution is -2.10. The Bertz CT molecular complexity index is 1280. The monoisotopic (exact) mass is 405 g/mol. The van der Waals surface area contributed by atoms with Gasteiger partial charge in [0.15, 0.2) is 10.7 Å². The number of benzene rings is 2. The number of fused-ring (bicyclic) bond motifs is 1. The third kappa shape index (κ3) is 3.56. The van der Waals surface area contributed by atoms with E-state index in [0.717, 1.165) is 11.1 Å². The fraction of sp³-hybridized carbons (Fsp3) is 0.217. The van der Waals surface area contributed by atoms with E-state index in [9.17, 15) is 8.42 Å². The molecule has 4 rings (SSSR count). The summed E-state index contributed by atoms with van der Waals surface area (Å²) in [6.45, 7) is 8.42. The lowest BCUT2D eigenvalue weighted by molar-refractivity contribution is 0.589. The minimum Gasteiger partial charge on any atom is -0.287 e. The van der Waals surface area contributed by atoms with Gasteiger partial charge >= 0.3 is 0 Å². The van der Waals surface area contributed by atoms with Crippen LogP contribution in [0.5, 0.6) is 0 Å². The first-order chi connectivity index (χ1) is 13.7. The van der Waals surface area contributed by atoms with Crippen LogP contribution >= 0.6 is 0 Å². The number of sulfone groups is 1. The van der Waals surface area contributed by atoms with Gasteiger partial charge in [0.05, 0.1) is 23.0 Å². The van der Waals surface area contributed by atoms with Crippen molar-refractivity contribution in [1.29, 1.82) is 0 Å². The topological polar surface area (TPSA) is 64.3 Å². The van der Waals surface area contributed by atoms with E-state index in [1.54, 1.807) is 41.1 Å². The van der Waals surface area contributed by atoms with Crippen molar-refractivity contribution < 1.29 is 8.42 Å². The molecule has 0 unspecified atom stereocenters. The number of rotatable bonds is 3. The lowest BCUT2D eigenvalue weighted by atomic mass is 9.86. The molecule has 148 valence electrons. The molecule has 0 saturated heterocycles. The first-order valence-corrected chi connectivity index (χ1v) is 10.9. The van der Waals surface area contributed by atoms with Crippen LogP contribution < -0.4 is 0 Å². The molecule has 0 atom stereocenters. The number of imidazole rings is 1. The predicted octanol–water partition coefficient (Wildman–Crippen LogP) is 4.84. The molecule has 6 heteroatoms. The van der Waals surface area contributed by atoms with Crippen molar-refractivity contribution in [3.8, 4) is 11.3 Å². The molecule has 0 aliphatic rings. The number of hydrogen-bond donors (Lipinski definition) is 0. The fourth-order valence-electron chi connectivity index (χ4n) is 3.21. The lowest BCUT2D eigenvalue weighted by Gasteiger charge is -2.18. The summed E-state index contributed by atoms with van der Waals surface area (Å²) >= 11 is 0. The highest BCUT2D eigenvalue weighted by Gasteiger charge is 2.22. The number of nitrogens with zero attached hydrogens (tertiary/aromatic N) is 3. The molecule has 2 heterocycles. The molecule has 0 radical (unpaired) electrons. The molecular formula is C23H23N3O2S. The maximum Gasteiger partial charge on any atom is 0.223 e. The van der Waals surface area contributed by atoms with Gasteiger partial charge in [-0.2, -0.15) is 0 Å². The van der Waals surface area contributed by atoms with E-state index >= 15 is 0 Å². The summed E-state index contributed by atoms with van der Waals surface area (Å²) in [6, 6.07) is 15.0. The zero-order chi connectivity index (χ0) is 20.8. The van der Waals surface area contributed by atoms with Crippen LogP contribution in [-0.2, 0) is 15.3 Å². The van der Waals surface area contributed by atoms with E-state index in [1.807, 2.05) is 19.1 Å². The van der Waals surface area contributed by atoms with E-state index in [0.29, 0.717) is 11.3 Å². The molecule has 0 N–H and O–H groups in total. The summed E-state index contributed by atoms with van der Waals surface area (Å²) in [7, 11) is -3.72. The highest BCUT2D eigenvalue weighted by Crippen LogP contribution is 2.27. The number of hydrogen-bond acceptors (Lipinski definition) is 4. The Hall–Kier alpha value is -2.99. The number of aromatic nitrogens is 3. The van der Waals surface area contributed by atoms with Crippen LogP contribution in [0.3, 0.4) is 0 Å². The van der Waals surface area contributed by atoms with E-state index in [1.165, 1.54) is 11.8 Å². The van der Waals surface area contributed by atoms with Gasteiger partial charge in [-0.05, 0) is 30.0 Å². The van der Waals surface area contributed by atoms with Gasteiger partial charge in [-0.3, -0.25) is 9.38 Å². The number of aryl methyl sites for hydroxylation is 1. The molecule has 0 amide bonds. The molecule has 5 nitrogen and oxygen atoms in total. The second kappa shape index (κ2) is 6.81. The Kier molecular flexibility index (Phi) is 4.54. The second-order valence-electron chi connectivity index (χ2n) is 8.24. The van der Waals surface area contributed by atoms with Crippen molar-refractivity contribution in [2.45, 2.75) is 43.0 Å². The van der Waals surface area contributed by atoms with Gasteiger partial charge in [0, 0.05) is 11.8 Å². The first kappa shape index (κ1) is 19.3. The Balaban J connectivity index is 1.81. The largest absolute Gasteiger partial charge is 0.287 e. The summed E-state index contributed by atoms with van der Waals surface area (Å²) in [6.07, 6.45) is 4.70. The molecular weight excluding hydrogens is 382 g/mol. The molecule has 0 aliphatic carbocycles. The maximum atomic E-state index is 13.2. The van der Waals surface area contributed by atoms with Crippen LogP contribution in [0.4, 0.5) is 0 Å². The molecule has 4 aromatic rings. The van der Waals surface area contributed by atoms with E-state index < -0.39 is 9.84 Å². The van der Waals surface area contributed by atoms with Gasteiger partial charge in [0.1, 0.15) is 0 Å². The van der Waals surface area contributed by atoms with Crippen molar-refractivity contribution in [2.75, 3.05) is 0 Å². The van der Waals surface area contributed by atoms with Gasteiger partial charge in [-0.1, -0.05) is 62.7 Å². The quantitative estimate of drug-likeness (QED) is 0.489. The van der Waals surface area contributed by atoms with Crippen LogP contribution in [0.1, 0.15) is 31.9 Å². The van der Waals surface area contributed by atoms with Crippen molar-refractivity contribution in [2.24, 2.45) is 0 Å². The van der Waals surface area contributed by atoms with Gasteiger partial charge in [0.2, 0.25) is 9.84 Å². The van der Waals surface area contributed by atoms with Gasteiger partial charge in [-0.15, -0.1) is 0 Å². The Labute approximate surface area is 171 Å². The minimum atomic E-state index is -3.72. The smallest absolute Gasteiger partial charge is 0.223 e. The average molecular weight is 406 g/mol. The van der Waals surface area contributed by atoms with Crippen LogP contribution in [0.25, 0.3) is 16.9 Å². The zero-order valence-corrected chi connectivity index (χ0v) is 17.7. The van der Waals surface area contributed by atoms with Crippen molar-refractivity contribution in [3.05, 3.63) is 78.2 Å². The maximum absolute atomic E-state index is 13.2. The Morgan fingerprint density at radius 1 is 0.897 bits per heavy atom. The first-order valence-electron chi connectivity index (χ1n) is 9.42. The third-order valence-electron chi connectivity index (χ3n) is 5.00.